The van der Waals surface area contributed by atoms with Crippen LogP contribution < -0.4 is 0 Å². The zero-order valence-corrected chi connectivity index (χ0v) is 14.9. The van der Waals surface area contributed by atoms with Gasteiger partial charge < -0.3 is 0 Å². The van der Waals surface area contributed by atoms with Crippen molar-refractivity contribution in [1.82, 2.24) is 0 Å². The van der Waals surface area contributed by atoms with E-state index in [9.17, 15) is 0 Å². The third-order valence-corrected chi connectivity index (χ3v) is 13.5. The third-order valence-electron chi connectivity index (χ3n) is 3.45. The van der Waals surface area contributed by atoms with Gasteiger partial charge in [0.25, 0.3) is 0 Å². The molecule has 1 aliphatic carbocycles. The Balaban J connectivity index is 3.19. The maximum atomic E-state index is 2.55. The van der Waals surface area contributed by atoms with Gasteiger partial charge in [-0.15, -0.1) is 0 Å². The van der Waals surface area contributed by atoms with Gasteiger partial charge in [0.15, 0.2) is 0 Å². The van der Waals surface area contributed by atoms with Crippen LogP contribution in [0.15, 0.2) is 20.3 Å². The second-order valence-electron chi connectivity index (χ2n) is 5.32. The van der Waals surface area contributed by atoms with Gasteiger partial charge in [0.1, 0.15) is 0 Å². The minimum atomic E-state index is -1.79. The van der Waals surface area contributed by atoms with Crippen molar-refractivity contribution in [2.24, 2.45) is 0 Å². The summed E-state index contributed by atoms with van der Waals surface area (Å²) in [6, 6.07) is 0. The first kappa shape index (κ1) is 11.6. The van der Waals surface area contributed by atoms with Gasteiger partial charge in [0.2, 0.25) is 0 Å². The Morgan fingerprint density at radius 3 is 1.62 bits per heavy atom. The van der Waals surface area contributed by atoms with E-state index in [1.807, 2.05) is 3.59 Å². The molecule has 0 nitrogen and oxygen atoms in total. The van der Waals surface area contributed by atoms with E-state index in [1.54, 1.807) is 16.7 Å². The molecule has 0 fully saturated rings. The fourth-order valence-corrected chi connectivity index (χ4v) is 17.3. The molecule has 1 aliphatic rings. The second kappa shape index (κ2) is 3.57. The van der Waals surface area contributed by atoms with E-state index in [2.05, 4.69) is 35.6 Å². The van der Waals surface area contributed by atoms with Crippen molar-refractivity contribution in [2.75, 3.05) is 0 Å². The van der Waals surface area contributed by atoms with Gasteiger partial charge in [0.05, 0.1) is 0 Å². The maximum absolute atomic E-state index is 2.55. The van der Waals surface area contributed by atoms with Crippen LogP contribution in [-0.2, 0) is 0 Å². The Kier molecular flexibility index (Phi) is 3.18. The molecule has 1 atom stereocenters. The van der Waals surface area contributed by atoms with E-state index in [0.29, 0.717) is 0 Å². The molecule has 0 bridgehead atoms. The van der Waals surface area contributed by atoms with Crippen LogP contribution in [0.4, 0.5) is 0 Å². The molecule has 1 rings (SSSR count). The normalized spacial score (nSPS) is 24.9. The van der Waals surface area contributed by atoms with Gasteiger partial charge in [-0.3, -0.25) is 0 Å². The van der Waals surface area contributed by atoms with Crippen molar-refractivity contribution in [1.29, 1.82) is 0 Å². The average molecular weight is 301 g/mol. The summed E-state index contributed by atoms with van der Waals surface area (Å²) in [5.74, 6) is 0. The molecule has 1 unspecified atom stereocenters. The van der Waals surface area contributed by atoms with Gasteiger partial charge in [0, 0.05) is 0 Å². The SMILES string of the molecule is CC1=C(C)C([SiH3])[C]([Sn]([CH3])([CH3])[CH3])=C1C. The first-order valence-electron chi connectivity index (χ1n) is 5.15. The molecular formula is C11H22SiSn. The minimum absolute atomic E-state index is 0.885. The van der Waals surface area contributed by atoms with Crippen molar-refractivity contribution in [3.05, 3.63) is 20.3 Å². The summed E-state index contributed by atoms with van der Waals surface area (Å²) in [6.45, 7) is 6.98. The van der Waals surface area contributed by atoms with E-state index >= 15 is 0 Å². The summed E-state index contributed by atoms with van der Waals surface area (Å²) in [7, 11) is 1.31. The Hall–Kier alpha value is 0.496. The van der Waals surface area contributed by atoms with Crippen LogP contribution in [0.25, 0.3) is 0 Å². The van der Waals surface area contributed by atoms with Crippen LogP contribution in [0.2, 0.25) is 20.4 Å². The molecule has 13 heavy (non-hydrogen) atoms. The molecule has 0 N–H and O–H groups in total. The predicted octanol–water partition coefficient (Wildman–Crippen LogP) is 2.68. The Morgan fingerprint density at radius 2 is 1.46 bits per heavy atom. The monoisotopic (exact) mass is 302 g/mol. The van der Waals surface area contributed by atoms with Crippen LogP contribution in [0.1, 0.15) is 20.8 Å². The standard InChI is InChI=1S/C8H13Si.3CH3.Sn/c1-5-4-8(9)7(3)6(5)2;;;;/h8H,1-3,9H3;3*1H3;. The van der Waals surface area contributed by atoms with Crippen molar-refractivity contribution < 1.29 is 0 Å². The molecule has 0 radical (unpaired) electrons. The Morgan fingerprint density at radius 1 is 1.00 bits per heavy atom. The molecule has 0 saturated heterocycles. The first-order chi connectivity index (χ1) is 5.76. The molecule has 0 aromatic carbocycles. The molecule has 0 spiro atoms. The van der Waals surface area contributed by atoms with Crippen LogP contribution in [0.3, 0.4) is 0 Å². The second-order valence-corrected chi connectivity index (χ2v) is 20.9. The summed E-state index contributed by atoms with van der Waals surface area (Å²) in [5.41, 5.74) is 5.81. The zero-order chi connectivity index (χ0) is 10.4. The van der Waals surface area contributed by atoms with Crippen molar-refractivity contribution >= 4 is 28.6 Å². The Labute approximate surface area is 89.8 Å². The van der Waals surface area contributed by atoms with Gasteiger partial charge in [-0.1, -0.05) is 0 Å². The molecular weight excluding hydrogens is 279 g/mol. The number of allylic oxidation sites excluding steroid dienone is 4. The third kappa shape index (κ3) is 1.96. The zero-order valence-electron chi connectivity index (χ0n) is 10.1. The molecule has 0 aromatic rings. The van der Waals surface area contributed by atoms with Crippen molar-refractivity contribution in [3.8, 4) is 0 Å². The van der Waals surface area contributed by atoms with Gasteiger partial charge >= 0.3 is 90.1 Å². The van der Waals surface area contributed by atoms with E-state index in [4.69, 9.17) is 0 Å². The van der Waals surface area contributed by atoms with Crippen LogP contribution in [-0.4, -0.2) is 28.6 Å². The molecule has 0 aliphatic heterocycles. The molecule has 2 heteroatoms. The van der Waals surface area contributed by atoms with Crippen LogP contribution in [0.5, 0.6) is 0 Å². The molecule has 0 amide bonds. The first-order valence-corrected chi connectivity index (χ1v) is 16.3. The van der Waals surface area contributed by atoms with Crippen LogP contribution in [0, 0.1) is 0 Å². The summed E-state index contributed by atoms with van der Waals surface area (Å²) in [5, 5.41) is 0. The number of hydrogen-bond acceptors (Lipinski definition) is 0. The molecule has 0 aromatic heterocycles. The summed E-state index contributed by atoms with van der Waals surface area (Å²) < 4.78 is 1.90. The molecule has 0 heterocycles. The quantitative estimate of drug-likeness (QED) is 0.653. The van der Waals surface area contributed by atoms with E-state index in [1.165, 1.54) is 10.2 Å². The topological polar surface area (TPSA) is 0 Å². The Bertz CT molecular complexity index is 292. The molecule has 0 saturated carbocycles. The molecule has 74 valence electrons. The van der Waals surface area contributed by atoms with Crippen molar-refractivity contribution in [3.63, 3.8) is 0 Å². The number of hydrogen-bond donors (Lipinski definition) is 0. The summed E-state index contributed by atoms with van der Waals surface area (Å²) in [6.07, 6.45) is 0. The van der Waals surface area contributed by atoms with E-state index in [0.717, 1.165) is 5.54 Å². The fraction of sp³-hybridized carbons (Fsp3) is 0.636. The number of rotatable bonds is 1. The van der Waals surface area contributed by atoms with E-state index in [-0.39, 0.29) is 0 Å². The average Bonchev–Trinajstić information content (AvgIpc) is 2.14. The van der Waals surface area contributed by atoms with Gasteiger partial charge in [-0.05, 0) is 0 Å². The van der Waals surface area contributed by atoms with Crippen LogP contribution >= 0.6 is 0 Å². The van der Waals surface area contributed by atoms with Crippen molar-refractivity contribution in [2.45, 2.75) is 41.1 Å². The fourth-order valence-electron chi connectivity index (χ4n) is 2.58. The summed E-state index contributed by atoms with van der Waals surface area (Å²) in [4.78, 5) is 7.64. The van der Waals surface area contributed by atoms with E-state index < -0.39 is 18.4 Å². The predicted molar refractivity (Wildman–Crippen MR) is 68.1 cm³/mol. The van der Waals surface area contributed by atoms with Gasteiger partial charge in [-0.2, -0.15) is 0 Å². The van der Waals surface area contributed by atoms with Gasteiger partial charge in [-0.25, -0.2) is 0 Å². The summed E-state index contributed by atoms with van der Waals surface area (Å²) >= 11 is -1.79.